The molecular weight excluding hydrogens is 274 g/mol. The van der Waals surface area contributed by atoms with E-state index >= 15 is 0 Å². The maximum atomic E-state index is 11.6. The fourth-order valence-corrected chi connectivity index (χ4v) is 2.90. The van der Waals surface area contributed by atoms with Crippen LogP contribution in [0.4, 0.5) is 0 Å². The van der Waals surface area contributed by atoms with Crippen molar-refractivity contribution in [3.8, 4) is 5.75 Å². The highest BCUT2D eigenvalue weighted by atomic mass is 32.2. The van der Waals surface area contributed by atoms with Gasteiger partial charge in [-0.1, -0.05) is 19.9 Å². The Bertz CT molecular complexity index is 577. The summed E-state index contributed by atoms with van der Waals surface area (Å²) in [6, 6.07) is 3.38. The molecule has 0 aliphatic carbocycles. The number of unbranched alkanes of at least 4 members (excludes halogenated alkanes) is 1. The number of hydrogen-bond donors (Lipinski definition) is 1. The minimum Gasteiger partial charge on any atom is -0.493 e. The average molecular weight is 297 g/mol. The van der Waals surface area contributed by atoms with Gasteiger partial charge >= 0.3 is 0 Å². The summed E-state index contributed by atoms with van der Waals surface area (Å²) in [5, 5.41) is 5.27. The summed E-state index contributed by atoms with van der Waals surface area (Å²) in [4.78, 5) is 0.184. The van der Waals surface area contributed by atoms with Crippen molar-refractivity contribution < 1.29 is 13.2 Å². The number of nitrogens with two attached hydrogens (primary N) is 1. The second-order valence-corrected chi connectivity index (χ2v) is 6.66. The third-order valence-electron chi connectivity index (χ3n) is 3.05. The SMILES string of the molecule is C=CCCCOc1cc(C(C)C)c(S(N)(=O)=O)cc1C. The standard InChI is InChI=1S/C15H23NO3S/c1-5-6-7-8-19-14-10-13(11(2)3)15(9-12(14)4)20(16,17)18/h5,9-11H,1,6-8H2,2-4H3,(H2,16,17,18). The van der Waals surface area contributed by atoms with E-state index in [0.717, 1.165) is 18.4 Å². The highest BCUT2D eigenvalue weighted by Crippen LogP contribution is 2.30. The maximum absolute atomic E-state index is 11.6. The lowest BCUT2D eigenvalue weighted by Crippen LogP contribution is -2.16. The number of ether oxygens (including phenoxy) is 1. The van der Waals surface area contributed by atoms with Crippen LogP contribution in [0.2, 0.25) is 0 Å². The Hall–Kier alpha value is -1.33. The van der Waals surface area contributed by atoms with Crippen molar-refractivity contribution in [1.29, 1.82) is 0 Å². The van der Waals surface area contributed by atoms with Crippen LogP contribution in [-0.2, 0) is 10.0 Å². The van der Waals surface area contributed by atoms with Gasteiger partial charge in [-0.05, 0) is 48.9 Å². The molecule has 1 aromatic carbocycles. The van der Waals surface area contributed by atoms with Crippen molar-refractivity contribution in [3.63, 3.8) is 0 Å². The monoisotopic (exact) mass is 297 g/mol. The van der Waals surface area contributed by atoms with Gasteiger partial charge in [-0.15, -0.1) is 6.58 Å². The molecule has 0 radical (unpaired) electrons. The zero-order valence-electron chi connectivity index (χ0n) is 12.3. The van der Waals surface area contributed by atoms with Crippen LogP contribution >= 0.6 is 0 Å². The number of benzene rings is 1. The summed E-state index contributed by atoms with van der Waals surface area (Å²) in [5.41, 5.74) is 1.47. The lowest BCUT2D eigenvalue weighted by Gasteiger charge is -2.16. The van der Waals surface area contributed by atoms with Gasteiger partial charge in [0.1, 0.15) is 5.75 Å². The van der Waals surface area contributed by atoms with E-state index in [1.165, 1.54) is 0 Å². The highest BCUT2D eigenvalue weighted by molar-refractivity contribution is 7.89. The van der Waals surface area contributed by atoms with Crippen LogP contribution in [0.15, 0.2) is 29.7 Å². The first-order chi connectivity index (χ1) is 9.27. The van der Waals surface area contributed by atoms with Gasteiger partial charge in [0.25, 0.3) is 0 Å². The molecule has 5 heteroatoms. The summed E-state index contributed by atoms with van der Waals surface area (Å²) in [5.74, 6) is 0.768. The predicted octanol–water partition coefficient (Wildman–Crippen LogP) is 3.11. The Labute approximate surface area is 121 Å². The Morgan fingerprint density at radius 2 is 2.05 bits per heavy atom. The van der Waals surface area contributed by atoms with Crippen LogP contribution < -0.4 is 9.88 Å². The van der Waals surface area contributed by atoms with Gasteiger partial charge in [-0.25, -0.2) is 13.6 Å². The van der Waals surface area contributed by atoms with Crippen LogP contribution in [0, 0.1) is 6.92 Å². The topological polar surface area (TPSA) is 69.4 Å². The van der Waals surface area contributed by atoms with Crippen LogP contribution in [0.25, 0.3) is 0 Å². The van der Waals surface area contributed by atoms with E-state index in [-0.39, 0.29) is 10.8 Å². The second kappa shape index (κ2) is 6.90. The minimum absolute atomic E-state index is 0.0550. The summed E-state index contributed by atoms with van der Waals surface area (Å²) < 4.78 is 29.0. The Morgan fingerprint density at radius 1 is 1.40 bits per heavy atom. The Morgan fingerprint density at radius 3 is 2.55 bits per heavy atom. The molecular formula is C15H23NO3S. The van der Waals surface area contributed by atoms with Gasteiger partial charge in [-0.3, -0.25) is 0 Å². The predicted molar refractivity (Wildman–Crippen MR) is 81.6 cm³/mol. The van der Waals surface area contributed by atoms with Gasteiger partial charge in [0.15, 0.2) is 0 Å². The molecule has 0 atom stereocenters. The average Bonchev–Trinajstić information content (AvgIpc) is 2.34. The first-order valence-corrected chi connectivity index (χ1v) is 8.23. The largest absolute Gasteiger partial charge is 0.493 e. The molecule has 0 bridgehead atoms. The fraction of sp³-hybridized carbons (Fsp3) is 0.467. The van der Waals surface area contributed by atoms with E-state index in [1.54, 1.807) is 12.1 Å². The van der Waals surface area contributed by atoms with Gasteiger partial charge in [0.05, 0.1) is 11.5 Å². The summed E-state index contributed by atoms with van der Waals surface area (Å²) in [7, 11) is -3.72. The molecule has 20 heavy (non-hydrogen) atoms. The van der Waals surface area contributed by atoms with E-state index in [1.807, 2.05) is 26.8 Å². The molecule has 0 saturated carbocycles. The Balaban J connectivity index is 3.11. The molecule has 0 heterocycles. The molecule has 0 fully saturated rings. The number of primary sulfonamides is 1. The first kappa shape index (κ1) is 16.7. The van der Waals surface area contributed by atoms with Crippen LogP contribution in [0.5, 0.6) is 5.75 Å². The normalized spacial score (nSPS) is 11.7. The molecule has 1 rings (SSSR count). The van der Waals surface area contributed by atoms with Crippen molar-refractivity contribution in [2.75, 3.05) is 6.61 Å². The number of aryl methyl sites for hydroxylation is 1. The zero-order valence-corrected chi connectivity index (χ0v) is 13.2. The summed E-state index contributed by atoms with van der Waals surface area (Å²) >= 11 is 0. The molecule has 112 valence electrons. The van der Waals surface area contributed by atoms with Crippen molar-refractivity contribution >= 4 is 10.0 Å². The van der Waals surface area contributed by atoms with Crippen molar-refractivity contribution in [2.45, 2.75) is 44.4 Å². The molecule has 2 N–H and O–H groups in total. The van der Waals surface area contributed by atoms with Gasteiger partial charge < -0.3 is 4.74 Å². The third kappa shape index (κ3) is 4.35. The summed E-state index contributed by atoms with van der Waals surface area (Å²) in [6.45, 7) is 9.93. The molecule has 4 nitrogen and oxygen atoms in total. The maximum Gasteiger partial charge on any atom is 0.238 e. The molecule has 0 unspecified atom stereocenters. The minimum atomic E-state index is -3.72. The lowest BCUT2D eigenvalue weighted by atomic mass is 10.0. The van der Waals surface area contributed by atoms with Crippen LogP contribution in [0.1, 0.15) is 43.7 Å². The molecule has 0 aliphatic heterocycles. The van der Waals surface area contributed by atoms with Crippen LogP contribution in [-0.4, -0.2) is 15.0 Å². The number of sulfonamides is 1. The molecule has 0 spiro atoms. The molecule has 1 aromatic rings. The van der Waals surface area contributed by atoms with Crippen LogP contribution in [0.3, 0.4) is 0 Å². The quantitative estimate of drug-likeness (QED) is 0.621. The van der Waals surface area contributed by atoms with Gasteiger partial charge in [0.2, 0.25) is 10.0 Å². The van der Waals surface area contributed by atoms with Crippen molar-refractivity contribution in [2.24, 2.45) is 5.14 Å². The molecule has 0 aromatic heterocycles. The van der Waals surface area contributed by atoms with E-state index in [2.05, 4.69) is 6.58 Å². The van der Waals surface area contributed by atoms with Gasteiger partial charge in [0, 0.05) is 0 Å². The molecule has 0 saturated heterocycles. The van der Waals surface area contributed by atoms with E-state index in [4.69, 9.17) is 9.88 Å². The highest BCUT2D eigenvalue weighted by Gasteiger charge is 2.19. The Kier molecular flexibility index (Phi) is 5.77. The van der Waals surface area contributed by atoms with E-state index in [0.29, 0.717) is 17.9 Å². The van der Waals surface area contributed by atoms with Crippen molar-refractivity contribution in [3.05, 3.63) is 35.9 Å². The smallest absolute Gasteiger partial charge is 0.238 e. The molecule has 0 amide bonds. The van der Waals surface area contributed by atoms with E-state index < -0.39 is 10.0 Å². The molecule has 0 aliphatic rings. The third-order valence-corrected chi connectivity index (χ3v) is 4.01. The number of allylic oxidation sites excluding steroid dienone is 1. The zero-order chi connectivity index (χ0) is 15.3. The van der Waals surface area contributed by atoms with E-state index in [9.17, 15) is 8.42 Å². The number of hydrogen-bond acceptors (Lipinski definition) is 3. The summed E-state index contributed by atoms with van der Waals surface area (Å²) in [6.07, 6.45) is 3.63. The first-order valence-electron chi connectivity index (χ1n) is 6.68. The fourth-order valence-electron chi connectivity index (χ4n) is 1.94. The number of rotatable bonds is 7. The second-order valence-electron chi connectivity index (χ2n) is 5.13. The lowest BCUT2D eigenvalue weighted by molar-refractivity contribution is 0.309. The van der Waals surface area contributed by atoms with Crippen molar-refractivity contribution in [1.82, 2.24) is 0 Å². The van der Waals surface area contributed by atoms with Gasteiger partial charge in [-0.2, -0.15) is 0 Å².